The Morgan fingerprint density at radius 3 is 2.53 bits per heavy atom. The van der Waals surface area contributed by atoms with Gasteiger partial charge in [0.15, 0.2) is 0 Å². The predicted molar refractivity (Wildman–Crippen MR) is 117 cm³/mol. The number of nitrogens with one attached hydrogen (secondary N) is 2. The first-order valence-electron chi connectivity index (χ1n) is 10.8. The van der Waals surface area contributed by atoms with Crippen LogP contribution in [0.3, 0.4) is 0 Å². The highest BCUT2D eigenvalue weighted by Gasteiger charge is 2.24. The molecule has 7 heteroatoms. The second-order valence-electron chi connectivity index (χ2n) is 8.70. The monoisotopic (exact) mass is 420 g/mol. The summed E-state index contributed by atoms with van der Waals surface area (Å²) in [4.78, 5) is 24.5. The third-order valence-electron chi connectivity index (χ3n) is 4.79. The summed E-state index contributed by atoms with van der Waals surface area (Å²) < 4.78 is 16.5. The molecule has 1 aliphatic rings. The molecule has 7 nitrogen and oxygen atoms in total. The molecule has 30 heavy (non-hydrogen) atoms. The van der Waals surface area contributed by atoms with Gasteiger partial charge in [0.1, 0.15) is 11.6 Å². The largest absolute Gasteiger partial charge is 0.464 e. The maximum atomic E-state index is 12.5. The maximum Gasteiger partial charge on any atom is 0.407 e. The van der Waals surface area contributed by atoms with E-state index < -0.39 is 17.7 Å². The Balaban J connectivity index is 2.08. The van der Waals surface area contributed by atoms with Crippen molar-refractivity contribution in [2.75, 3.05) is 18.5 Å². The van der Waals surface area contributed by atoms with E-state index in [9.17, 15) is 9.59 Å². The number of hydrogen-bond acceptors (Lipinski definition) is 6. The zero-order valence-electron chi connectivity index (χ0n) is 18.9. The summed E-state index contributed by atoms with van der Waals surface area (Å²) in [5.41, 5.74) is 2.09. The van der Waals surface area contributed by atoms with Crippen molar-refractivity contribution in [3.8, 4) is 0 Å². The molecule has 1 saturated carbocycles. The van der Waals surface area contributed by atoms with E-state index >= 15 is 0 Å². The molecule has 0 aliphatic heterocycles. The summed E-state index contributed by atoms with van der Waals surface area (Å²) in [5.74, 6) is -0.344. The first-order chi connectivity index (χ1) is 14.2. The summed E-state index contributed by atoms with van der Waals surface area (Å²) in [6.45, 7) is 10.0. The Morgan fingerprint density at radius 2 is 1.90 bits per heavy atom. The maximum absolute atomic E-state index is 12.5. The highest BCUT2D eigenvalue weighted by molar-refractivity contribution is 5.80. The zero-order chi connectivity index (χ0) is 22.1. The van der Waals surface area contributed by atoms with Gasteiger partial charge >= 0.3 is 12.1 Å². The lowest BCUT2D eigenvalue weighted by Crippen LogP contribution is -2.37. The van der Waals surface area contributed by atoms with Crippen LogP contribution < -0.4 is 10.6 Å². The fraction of sp³-hybridized carbons (Fsp3) is 0.652. The second-order valence-corrected chi connectivity index (χ2v) is 8.70. The van der Waals surface area contributed by atoms with Crippen molar-refractivity contribution >= 4 is 17.7 Å². The van der Waals surface area contributed by atoms with Crippen LogP contribution in [-0.4, -0.2) is 43.0 Å². The highest BCUT2D eigenvalue weighted by atomic mass is 16.6. The number of aryl methyl sites for hydroxylation is 1. The van der Waals surface area contributed by atoms with Crippen molar-refractivity contribution in [1.82, 2.24) is 5.32 Å². The minimum atomic E-state index is -0.618. The standard InChI is InChI=1S/C23H36N2O5/c1-6-28-21(26)20(15-29-18-9-7-8-10-18)25-19-13-16(2)11-12-17(19)14-24-22(27)30-23(3,4)5/h11-13,18,20,25H,6-10,14-15H2,1-5H3,(H,24,27). The molecule has 0 radical (unpaired) electrons. The number of benzene rings is 1. The molecule has 1 unspecified atom stereocenters. The highest BCUT2D eigenvalue weighted by Crippen LogP contribution is 2.23. The van der Waals surface area contributed by atoms with Gasteiger partial charge in [-0.15, -0.1) is 0 Å². The number of alkyl carbamates (subject to hydrolysis) is 1. The molecule has 1 fully saturated rings. The van der Waals surface area contributed by atoms with Gasteiger partial charge in [-0.25, -0.2) is 9.59 Å². The van der Waals surface area contributed by atoms with Gasteiger partial charge in [0.05, 0.1) is 19.3 Å². The smallest absolute Gasteiger partial charge is 0.407 e. The van der Waals surface area contributed by atoms with Crippen molar-refractivity contribution in [3.05, 3.63) is 29.3 Å². The van der Waals surface area contributed by atoms with E-state index in [4.69, 9.17) is 14.2 Å². The van der Waals surface area contributed by atoms with Gasteiger partial charge in [0.2, 0.25) is 0 Å². The molecule has 1 aromatic rings. The average molecular weight is 421 g/mol. The van der Waals surface area contributed by atoms with Crippen LogP contribution in [0.25, 0.3) is 0 Å². The number of ether oxygens (including phenoxy) is 3. The van der Waals surface area contributed by atoms with Crippen LogP contribution in [0, 0.1) is 6.92 Å². The van der Waals surface area contributed by atoms with Gasteiger partial charge < -0.3 is 24.8 Å². The van der Waals surface area contributed by atoms with Gasteiger partial charge in [-0.05, 0) is 64.7 Å². The van der Waals surface area contributed by atoms with Gasteiger partial charge in [-0.2, -0.15) is 0 Å². The Bertz CT molecular complexity index is 708. The predicted octanol–water partition coefficient (Wildman–Crippen LogP) is 4.32. The minimum absolute atomic E-state index is 0.203. The summed E-state index contributed by atoms with van der Waals surface area (Å²) in [6.07, 6.45) is 4.12. The molecular formula is C23H36N2O5. The van der Waals surface area contributed by atoms with Gasteiger partial charge in [-0.1, -0.05) is 25.0 Å². The van der Waals surface area contributed by atoms with Crippen molar-refractivity contribution in [3.63, 3.8) is 0 Å². The van der Waals surface area contributed by atoms with Crippen molar-refractivity contribution in [2.24, 2.45) is 0 Å². The molecular weight excluding hydrogens is 384 g/mol. The Labute approximate surface area is 179 Å². The van der Waals surface area contributed by atoms with Crippen LogP contribution in [0.4, 0.5) is 10.5 Å². The lowest BCUT2D eigenvalue weighted by molar-refractivity contribution is -0.145. The van der Waals surface area contributed by atoms with Crippen molar-refractivity contribution in [2.45, 2.75) is 84.6 Å². The number of anilines is 1. The molecule has 0 saturated heterocycles. The number of hydrogen-bond donors (Lipinski definition) is 2. The lowest BCUT2D eigenvalue weighted by Gasteiger charge is -2.23. The molecule has 0 spiro atoms. The van der Waals surface area contributed by atoms with Crippen LogP contribution in [-0.2, 0) is 25.5 Å². The molecule has 1 aromatic carbocycles. The fourth-order valence-corrected chi connectivity index (χ4v) is 3.35. The lowest BCUT2D eigenvalue weighted by atomic mass is 10.1. The summed E-state index contributed by atoms with van der Waals surface area (Å²) in [6, 6.07) is 5.22. The molecule has 2 N–H and O–H groups in total. The third-order valence-corrected chi connectivity index (χ3v) is 4.79. The third kappa shape index (κ3) is 8.22. The zero-order valence-corrected chi connectivity index (χ0v) is 18.9. The average Bonchev–Trinajstić information content (AvgIpc) is 3.16. The quantitative estimate of drug-likeness (QED) is 0.579. The molecule has 1 amide bonds. The van der Waals surface area contributed by atoms with Crippen LogP contribution in [0.1, 0.15) is 64.5 Å². The summed E-state index contributed by atoms with van der Waals surface area (Å²) in [7, 11) is 0. The van der Waals surface area contributed by atoms with E-state index in [-0.39, 0.29) is 25.2 Å². The fourth-order valence-electron chi connectivity index (χ4n) is 3.35. The Hall–Kier alpha value is -2.28. The van der Waals surface area contributed by atoms with E-state index in [0.717, 1.165) is 29.7 Å². The number of esters is 1. The first-order valence-corrected chi connectivity index (χ1v) is 10.8. The first kappa shape index (κ1) is 24.0. The van der Waals surface area contributed by atoms with Gasteiger partial charge in [-0.3, -0.25) is 0 Å². The SMILES string of the molecule is CCOC(=O)C(COC1CCCC1)Nc1cc(C)ccc1CNC(=O)OC(C)(C)C. The molecule has 1 aliphatic carbocycles. The molecule has 0 bridgehead atoms. The minimum Gasteiger partial charge on any atom is -0.464 e. The van der Waals surface area contributed by atoms with Crippen LogP contribution in [0.2, 0.25) is 0 Å². The van der Waals surface area contributed by atoms with E-state index in [0.29, 0.717) is 6.61 Å². The van der Waals surface area contributed by atoms with Gasteiger partial charge in [0.25, 0.3) is 0 Å². The normalized spacial score (nSPS) is 15.5. The van der Waals surface area contributed by atoms with E-state index in [2.05, 4.69) is 10.6 Å². The van der Waals surface area contributed by atoms with Crippen molar-refractivity contribution < 1.29 is 23.8 Å². The molecule has 0 aromatic heterocycles. The number of amides is 1. The number of carbonyl (C=O) groups excluding carboxylic acids is 2. The molecule has 1 atom stereocenters. The number of rotatable bonds is 9. The number of carbonyl (C=O) groups is 2. The van der Waals surface area contributed by atoms with Crippen LogP contribution in [0.15, 0.2) is 18.2 Å². The topological polar surface area (TPSA) is 85.9 Å². The van der Waals surface area contributed by atoms with E-state index in [1.807, 2.05) is 45.9 Å². The van der Waals surface area contributed by atoms with E-state index in [1.165, 1.54) is 12.8 Å². The van der Waals surface area contributed by atoms with Crippen LogP contribution >= 0.6 is 0 Å². The molecule has 0 heterocycles. The summed E-state index contributed by atoms with van der Waals surface area (Å²) >= 11 is 0. The van der Waals surface area contributed by atoms with Crippen molar-refractivity contribution in [1.29, 1.82) is 0 Å². The van der Waals surface area contributed by atoms with Gasteiger partial charge in [0, 0.05) is 12.2 Å². The summed E-state index contributed by atoms with van der Waals surface area (Å²) in [5, 5.41) is 6.05. The Kier molecular flexibility index (Phi) is 8.96. The van der Waals surface area contributed by atoms with E-state index in [1.54, 1.807) is 6.92 Å². The Morgan fingerprint density at radius 1 is 1.20 bits per heavy atom. The molecule has 168 valence electrons. The molecule has 2 rings (SSSR count). The van der Waals surface area contributed by atoms with Crippen LogP contribution in [0.5, 0.6) is 0 Å². The second kappa shape index (κ2) is 11.2.